The maximum atomic E-state index is 13.1. The van der Waals surface area contributed by atoms with E-state index in [0.29, 0.717) is 12.2 Å². The number of nitrogens with one attached hydrogen (secondary N) is 1. The Balaban J connectivity index is 2.17. The summed E-state index contributed by atoms with van der Waals surface area (Å²) < 4.78 is 20.0. The fourth-order valence-electron chi connectivity index (χ4n) is 3.36. The Labute approximate surface area is 177 Å². The first kappa shape index (κ1) is 22.2. The Kier molecular flexibility index (Phi) is 6.55. The van der Waals surface area contributed by atoms with E-state index in [1.165, 1.54) is 36.1 Å². The Morgan fingerprint density at radius 3 is 2.52 bits per heavy atom. The van der Waals surface area contributed by atoms with E-state index in [0.717, 1.165) is 5.56 Å². The number of rotatable bonds is 8. The van der Waals surface area contributed by atoms with E-state index in [2.05, 4.69) is 10.3 Å². The number of anilines is 1. The molecule has 0 saturated carbocycles. The minimum atomic E-state index is -1.36. The highest BCUT2D eigenvalue weighted by atomic mass is 19.1. The third-order valence-electron chi connectivity index (χ3n) is 5.10. The molecule has 0 radical (unpaired) electrons. The minimum Gasteiger partial charge on any atom is -0.479 e. The van der Waals surface area contributed by atoms with E-state index in [1.54, 1.807) is 12.1 Å². The number of pyridine rings is 2. The number of carbonyl (C=O) groups is 1. The zero-order chi connectivity index (χ0) is 22.7. The van der Waals surface area contributed by atoms with Crippen molar-refractivity contribution in [1.29, 1.82) is 0 Å². The molecule has 164 valence electrons. The average molecular weight is 429 g/mol. The number of aliphatic hydroxyl groups is 1. The standard InChI is InChI=1S/C22H24FN3O5/c1-12(2)18(11-27)26-10-16(22(29)30)19(28)15-8-17(21(31-3)25-20(15)26)24-9-13-4-6-14(23)7-5-13/h4-8,10,12,18,24,27H,9,11H2,1-3H3,(H,29,30)/t18-/m1/s1. The van der Waals surface area contributed by atoms with Gasteiger partial charge in [-0.1, -0.05) is 26.0 Å². The predicted octanol–water partition coefficient (Wildman–Crippen LogP) is 3.04. The van der Waals surface area contributed by atoms with Crippen molar-refractivity contribution >= 4 is 22.7 Å². The summed E-state index contributed by atoms with van der Waals surface area (Å²) in [5.41, 5.74) is 0.296. The maximum absolute atomic E-state index is 13.1. The number of aliphatic hydroxyl groups excluding tert-OH is 1. The summed E-state index contributed by atoms with van der Waals surface area (Å²) in [7, 11) is 1.43. The number of fused-ring (bicyclic) bond motifs is 1. The first-order valence-corrected chi connectivity index (χ1v) is 9.73. The molecule has 3 N–H and O–H groups in total. The second kappa shape index (κ2) is 9.13. The van der Waals surface area contributed by atoms with E-state index >= 15 is 0 Å². The normalized spacial score (nSPS) is 12.2. The van der Waals surface area contributed by atoms with Gasteiger partial charge in [0.25, 0.3) is 0 Å². The summed E-state index contributed by atoms with van der Waals surface area (Å²) in [6, 6.07) is 6.92. The molecule has 1 atom stereocenters. The summed E-state index contributed by atoms with van der Waals surface area (Å²) in [6.45, 7) is 3.80. The van der Waals surface area contributed by atoms with Gasteiger partial charge >= 0.3 is 5.97 Å². The first-order chi connectivity index (χ1) is 14.8. The van der Waals surface area contributed by atoms with Crippen LogP contribution in [0.2, 0.25) is 0 Å². The molecular weight excluding hydrogens is 405 g/mol. The molecule has 0 spiro atoms. The van der Waals surface area contributed by atoms with E-state index in [1.807, 2.05) is 13.8 Å². The topological polar surface area (TPSA) is 114 Å². The lowest BCUT2D eigenvalue weighted by Gasteiger charge is -2.24. The Morgan fingerprint density at radius 2 is 1.97 bits per heavy atom. The molecular formula is C22H24FN3O5. The number of carboxylic acids is 1. The number of benzene rings is 1. The lowest BCUT2D eigenvalue weighted by molar-refractivity contribution is 0.0694. The first-order valence-electron chi connectivity index (χ1n) is 9.73. The number of aromatic carboxylic acids is 1. The SMILES string of the molecule is COc1nc2c(cc1NCc1ccc(F)cc1)c(=O)c(C(=O)O)cn2[C@H](CO)C(C)C. The smallest absolute Gasteiger partial charge is 0.341 e. The van der Waals surface area contributed by atoms with Crippen molar-refractivity contribution in [2.75, 3.05) is 19.0 Å². The second-order valence-electron chi connectivity index (χ2n) is 7.47. The number of nitrogens with zero attached hydrogens (tertiary/aromatic N) is 2. The maximum Gasteiger partial charge on any atom is 0.341 e. The van der Waals surface area contributed by atoms with Crippen LogP contribution in [0.5, 0.6) is 5.88 Å². The number of hydrogen-bond acceptors (Lipinski definition) is 6. The summed E-state index contributed by atoms with van der Waals surface area (Å²) in [5.74, 6) is -1.57. The van der Waals surface area contributed by atoms with Crippen molar-refractivity contribution < 1.29 is 24.1 Å². The molecule has 1 aromatic carbocycles. The third-order valence-corrected chi connectivity index (χ3v) is 5.10. The molecule has 0 saturated heterocycles. The Bertz CT molecular complexity index is 1160. The summed E-state index contributed by atoms with van der Waals surface area (Å²) in [6.07, 6.45) is 1.21. The lowest BCUT2D eigenvalue weighted by atomic mass is 10.0. The molecule has 0 aliphatic carbocycles. The van der Waals surface area contributed by atoms with Crippen LogP contribution < -0.4 is 15.5 Å². The third kappa shape index (κ3) is 4.51. The number of hydrogen-bond donors (Lipinski definition) is 3. The van der Waals surface area contributed by atoms with Crippen LogP contribution in [-0.2, 0) is 6.54 Å². The van der Waals surface area contributed by atoms with E-state index in [4.69, 9.17) is 4.74 Å². The molecule has 9 heteroatoms. The Morgan fingerprint density at radius 1 is 1.29 bits per heavy atom. The molecule has 0 amide bonds. The zero-order valence-electron chi connectivity index (χ0n) is 17.4. The molecule has 0 aliphatic heterocycles. The number of aromatic nitrogens is 2. The van der Waals surface area contributed by atoms with Crippen LogP contribution in [0, 0.1) is 11.7 Å². The van der Waals surface area contributed by atoms with Crippen LogP contribution in [0.4, 0.5) is 10.1 Å². The number of carboxylic acid groups (broad SMARTS) is 1. The van der Waals surface area contributed by atoms with E-state index in [-0.39, 0.29) is 35.3 Å². The van der Waals surface area contributed by atoms with Crippen LogP contribution in [-0.4, -0.2) is 39.5 Å². The molecule has 8 nitrogen and oxygen atoms in total. The van der Waals surface area contributed by atoms with Crippen molar-refractivity contribution in [3.8, 4) is 5.88 Å². The van der Waals surface area contributed by atoms with Gasteiger partial charge in [-0.25, -0.2) is 9.18 Å². The number of ether oxygens (including phenoxy) is 1. The second-order valence-corrected chi connectivity index (χ2v) is 7.47. The van der Waals surface area contributed by atoms with Gasteiger partial charge in [-0.15, -0.1) is 0 Å². The fraction of sp³-hybridized carbons (Fsp3) is 0.318. The van der Waals surface area contributed by atoms with Crippen LogP contribution in [0.15, 0.2) is 41.3 Å². The van der Waals surface area contributed by atoms with Gasteiger partial charge in [0.15, 0.2) is 0 Å². The number of halogens is 1. The van der Waals surface area contributed by atoms with Crippen molar-refractivity contribution in [3.63, 3.8) is 0 Å². The van der Waals surface area contributed by atoms with Crippen LogP contribution >= 0.6 is 0 Å². The molecule has 0 aliphatic rings. The van der Waals surface area contributed by atoms with Crippen molar-refractivity contribution in [1.82, 2.24) is 9.55 Å². The molecule has 0 unspecified atom stereocenters. The molecule has 2 aromatic heterocycles. The van der Waals surface area contributed by atoms with Gasteiger partial charge in [-0.2, -0.15) is 4.98 Å². The monoisotopic (exact) mass is 429 g/mol. The summed E-state index contributed by atoms with van der Waals surface area (Å²) >= 11 is 0. The molecule has 2 heterocycles. The largest absolute Gasteiger partial charge is 0.479 e. The molecule has 3 aromatic rings. The van der Waals surface area contributed by atoms with Gasteiger partial charge < -0.3 is 24.8 Å². The highest BCUT2D eigenvalue weighted by Crippen LogP contribution is 2.29. The Hall–Kier alpha value is -3.46. The molecule has 0 bridgehead atoms. The highest BCUT2D eigenvalue weighted by Gasteiger charge is 2.23. The van der Waals surface area contributed by atoms with Gasteiger partial charge in [0.1, 0.15) is 17.0 Å². The number of methoxy groups -OCH3 is 1. The van der Waals surface area contributed by atoms with Crippen LogP contribution in [0.1, 0.15) is 35.8 Å². The molecule has 3 rings (SSSR count). The average Bonchev–Trinajstić information content (AvgIpc) is 2.74. The van der Waals surface area contributed by atoms with Crippen molar-refractivity contribution in [2.24, 2.45) is 5.92 Å². The van der Waals surface area contributed by atoms with Crippen molar-refractivity contribution in [3.05, 3.63) is 63.7 Å². The quantitative estimate of drug-likeness (QED) is 0.504. The summed E-state index contributed by atoms with van der Waals surface area (Å²) in [4.78, 5) is 29.0. The van der Waals surface area contributed by atoms with Gasteiger partial charge in [0.05, 0.1) is 30.8 Å². The predicted molar refractivity (Wildman–Crippen MR) is 114 cm³/mol. The zero-order valence-corrected chi connectivity index (χ0v) is 17.4. The van der Waals surface area contributed by atoms with Gasteiger partial charge in [0, 0.05) is 12.7 Å². The fourth-order valence-corrected chi connectivity index (χ4v) is 3.36. The van der Waals surface area contributed by atoms with E-state index < -0.39 is 23.0 Å². The highest BCUT2D eigenvalue weighted by molar-refractivity contribution is 5.93. The lowest BCUT2D eigenvalue weighted by Crippen LogP contribution is -2.26. The van der Waals surface area contributed by atoms with Crippen LogP contribution in [0.3, 0.4) is 0 Å². The molecule has 0 fully saturated rings. The van der Waals surface area contributed by atoms with Gasteiger partial charge in [0.2, 0.25) is 11.3 Å². The van der Waals surface area contributed by atoms with Gasteiger partial charge in [-0.3, -0.25) is 4.79 Å². The van der Waals surface area contributed by atoms with E-state index in [9.17, 15) is 24.2 Å². The summed E-state index contributed by atoms with van der Waals surface area (Å²) in [5, 5.41) is 22.6. The minimum absolute atomic E-state index is 0.0542. The van der Waals surface area contributed by atoms with Crippen LogP contribution in [0.25, 0.3) is 11.0 Å². The van der Waals surface area contributed by atoms with Crippen molar-refractivity contribution in [2.45, 2.75) is 26.4 Å². The molecule has 31 heavy (non-hydrogen) atoms. The van der Waals surface area contributed by atoms with Gasteiger partial charge in [-0.05, 0) is 29.7 Å².